The van der Waals surface area contributed by atoms with Crippen molar-refractivity contribution < 1.29 is 28.0 Å². The quantitative estimate of drug-likeness (QED) is 0.681. The van der Waals surface area contributed by atoms with Gasteiger partial charge in [0.15, 0.2) is 0 Å². The summed E-state index contributed by atoms with van der Waals surface area (Å²) >= 11 is 1.58. The van der Waals surface area contributed by atoms with Crippen molar-refractivity contribution in [3.05, 3.63) is 58.1 Å². The van der Waals surface area contributed by atoms with Crippen molar-refractivity contribution in [2.75, 3.05) is 13.1 Å². The van der Waals surface area contributed by atoms with E-state index < -0.39 is 22.3 Å². The van der Waals surface area contributed by atoms with Gasteiger partial charge in [-0.15, -0.1) is 0 Å². The van der Waals surface area contributed by atoms with Crippen LogP contribution < -0.4 is 0 Å². The summed E-state index contributed by atoms with van der Waals surface area (Å²) in [7, 11) is 0. The van der Waals surface area contributed by atoms with E-state index in [0.717, 1.165) is 33.3 Å². The van der Waals surface area contributed by atoms with E-state index in [4.69, 9.17) is 8.83 Å². The normalized spacial score (nSPS) is 20.4. The van der Waals surface area contributed by atoms with Crippen molar-refractivity contribution in [1.82, 2.24) is 9.80 Å². The largest absolute Gasteiger partial charge is 0.465 e. The standard InChI is InChI=1S/C18H12N2O6S2/c21-15-13(9-11-3-1-7-25-11)27-17(23)19(15)5-6-20-16(22)14(28-18(20)24)10-12-4-2-8-26-12/h1-4,7-10H,5-6H2. The molecule has 0 spiro atoms. The van der Waals surface area contributed by atoms with Crippen LogP contribution in [-0.2, 0) is 9.59 Å². The summed E-state index contributed by atoms with van der Waals surface area (Å²) in [6.07, 6.45) is 5.90. The average molecular weight is 416 g/mol. The average Bonchev–Trinajstić information content (AvgIpc) is 3.43. The lowest BCUT2D eigenvalue weighted by Crippen LogP contribution is -2.39. The topological polar surface area (TPSA) is 101 Å². The summed E-state index contributed by atoms with van der Waals surface area (Å²) in [5, 5.41) is -0.915. The number of amides is 4. The van der Waals surface area contributed by atoms with Crippen LogP contribution in [0.2, 0.25) is 0 Å². The van der Waals surface area contributed by atoms with Crippen molar-refractivity contribution in [3.63, 3.8) is 0 Å². The molecular weight excluding hydrogens is 404 g/mol. The van der Waals surface area contributed by atoms with E-state index >= 15 is 0 Å². The number of hydrogen-bond donors (Lipinski definition) is 0. The lowest BCUT2D eigenvalue weighted by atomic mass is 10.3. The summed E-state index contributed by atoms with van der Waals surface area (Å²) in [4.78, 5) is 51.7. The van der Waals surface area contributed by atoms with E-state index in [1.807, 2.05) is 0 Å². The number of thioether (sulfide) groups is 2. The Kier molecular flexibility index (Phi) is 4.97. The first-order valence-corrected chi connectivity index (χ1v) is 9.74. The maximum Gasteiger partial charge on any atom is 0.293 e. The van der Waals surface area contributed by atoms with Gasteiger partial charge in [0.25, 0.3) is 22.3 Å². The molecule has 0 aromatic carbocycles. The Morgan fingerprint density at radius 3 is 1.54 bits per heavy atom. The van der Waals surface area contributed by atoms with Gasteiger partial charge in [0, 0.05) is 25.2 Å². The minimum Gasteiger partial charge on any atom is -0.465 e. The fraction of sp³-hybridized carbons (Fsp3) is 0.111. The Bertz CT molecular complexity index is 925. The number of carbonyl (C=O) groups is 4. The first-order chi connectivity index (χ1) is 13.5. The molecular formula is C18H12N2O6S2. The summed E-state index contributed by atoms with van der Waals surface area (Å²) in [6.45, 7) is -0.154. The predicted octanol–water partition coefficient (Wildman–Crippen LogP) is 3.65. The van der Waals surface area contributed by atoms with Crippen LogP contribution in [0.3, 0.4) is 0 Å². The summed E-state index contributed by atoms with van der Waals surface area (Å²) in [5.74, 6) is -0.0481. The zero-order chi connectivity index (χ0) is 19.7. The molecule has 4 heterocycles. The van der Waals surface area contributed by atoms with Crippen molar-refractivity contribution in [1.29, 1.82) is 0 Å². The van der Waals surface area contributed by atoms with E-state index in [1.54, 1.807) is 24.3 Å². The Hall–Kier alpha value is -2.98. The third-order valence-corrected chi connectivity index (χ3v) is 5.74. The minimum absolute atomic E-state index is 0.0771. The first kappa shape index (κ1) is 18.4. The van der Waals surface area contributed by atoms with Gasteiger partial charge in [-0.1, -0.05) is 0 Å². The monoisotopic (exact) mass is 416 g/mol. The van der Waals surface area contributed by atoms with Gasteiger partial charge in [-0.2, -0.15) is 0 Å². The zero-order valence-electron chi connectivity index (χ0n) is 14.2. The molecule has 2 saturated heterocycles. The van der Waals surface area contributed by atoms with Crippen molar-refractivity contribution >= 4 is 58.0 Å². The minimum atomic E-state index is -0.482. The molecule has 2 aromatic heterocycles. The predicted molar refractivity (Wildman–Crippen MR) is 103 cm³/mol. The van der Waals surface area contributed by atoms with Crippen LogP contribution in [0.25, 0.3) is 12.2 Å². The molecule has 2 aliphatic rings. The van der Waals surface area contributed by atoms with Crippen molar-refractivity contribution in [2.45, 2.75) is 0 Å². The van der Waals surface area contributed by atoms with Gasteiger partial charge in [0.2, 0.25) is 0 Å². The Balaban J connectivity index is 1.43. The molecule has 4 rings (SSSR count). The highest BCUT2D eigenvalue weighted by Crippen LogP contribution is 2.34. The second kappa shape index (κ2) is 7.56. The smallest absolute Gasteiger partial charge is 0.293 e. The van der Waals surface area contributed by atoms with E-state index in [-0.39, 0.29) is 22.9 Å². The molecule has 0 unspecified atom stereocenters. The van der Waals surface area contributed by atoms with Crippen LogP contribution in [0.4, 0.5) is 9.59 Å². The van der Waals surface area contributed by atoms with Crippen molar-refractivity contribution in [3.8, 4) is 0 Å². The van der Waals surface area contributed by atoms with E-state index in [1.165, 1.54) is 24.7 Å². The van der Waals surface area contributed by atoms with Gasteiger partial charge in [0.1, 0.15) is 11.5 Å². The maximum atomic E-state index is 12.4. The molecule has 0 atom stereocenters. The van der Waals surface area contributed by atoms with Crippen LogP contribution in [0, 0.1) is 0 Å². The Labute approximate surface area is 167 Å². The van der Waals surface area contributed by atoms with Gasteiger partial charge in [-0.05, 0) is 47.8 Å². The Morgan fingerprint density at radius 1 is 0.750 bits per heavy atom. The molecule has 0 N–H and O–H groups in total. The molecule has 0 aliphatic carbocycles. The molecule has 142 valence electrons. The highest BCUT2D eigenvalue weighted by molar-refractivity contribution is 8.18. The fourth-order valence-electron chi connectivity index (χ4n) is 2.59. The summed E-state index contributed by atoms with van der Waals surface area (Å²) in [6, 6.07) is 6.68. The summed E-state index contributed by atoms with van der Waals surface area (Å²) < 4.78 is 10.3. The Morgan fingerprint density at radius 2 is 1.18 bits per heavy atom. The van der Waals surface area contributed by atoms with Crippen LogP contribution >= 0.6 is 23.5 Å². The number of carbonyl (C=O) groups excluding carboxylic acids is 4. The SMILES string of the molecule is O=C1SC(=Cc2ccco2)C(=O)N1CCN1C(=O)SC(=Cc2ccco2)C1=O. The van der Waals surface area contributed by atoms with Gasteiger partial charge < -0.3 is 8.83 Å². The lowest BCUT2D eigenvalue weighted by molar-refractivity contribution is -0.125. The molecule has 2 aliphatic heterocycles. The van der Waals surface area contributed by atoms with Gasteiger partial charge >= 0.3 is 0 Å². The number of hydrogen-bond acceptors (Lipinski definition) is 8. The van der Waals surface area contributed by atoms with Gasteiger partial charge in [-0.3, -0.25) is 29.0 Å². The van der Waals surface area contributed by atoms with Gasteiger partial charge in [-0.25, -0.2) is 0 Å². The van der Waals surface area contributed by atoms with Crippen LogP contribution in [0.5, 0.6) is 0 Å². The van der Waals surface area contributed by atoms with Crippen LogP contribution in [0.15, 0.2) is 55.4 Å². The fourth-order valence-corrected chi connectivity index (χ4v) is 4.28. The maximum absolute atomic E-state index is 12.4. The second-order valence-electron chi connectivity index (χ2n) is 5.70. The third kappa shape index (κ3) is 3.56. The second-order valence-corrected chi connectivity index (χ2v) is 7.68. The highest BCUT2D eigenvalue weighted by Gasteiger charge is 2.39. The van der Waals surface area contributed by atoms with Crippen LogP contribution in [-0.4, -0.2) is 45.2 Å². The number of rotatable bonds is 5. The van der Waals surface area contributed by atoms with E-state index in [2.05, 4.69) is 0 Å². The third-order valence-electron chi connectivity index (χ3n) is 3.93. The number of imide groups is 2. The number of furan rings is 2. The molecule has 2 aromatic rings. The first-order valence-electron chi connectivity index (χ1n) is 8.10. The molecule has 10 heteroatoms. The molecule has 0 saturated carbocycles. The van der Waals surface area contributed by atoms with Crippen molar-refractivity contribution in [2.24, 2.45) is 0 Å². The zero-order valence-corrected chi connectivity index (χ0v) is 15.8. The molecule has 28 heavy (non-hydrogen) atoms. The van der Waals surface area contributed by atoms with Crippen LogP contribution in [0.1, 0.15) is 11.5 Å². The molecule has 4 amide bonds. The molecule has 2 fully saturated rings. The van der Waals surface area contributed by atoms with E-state index in [0.29, 0.717) is 11.5 Å². The lowest BCUT2D eigenvalue weighted by Gasteiger charge is -2.17. The molecule has 8 nitrogen and oxygen atoms in total. The highest BCUT2D eigenvalue weighted by atomic mass is 32.2. The number of nitrogens with zero attached hydrogens (tertiary/aromatic N) is 2. The van der Waals surface area contributed by atoms with E-state index in [9.17, 15) is 19.2 Å². The molecule has 0 radical (unpaired) electrons. The van der Waals surface area contributed by atoms with Gasteiger partial charge in [0.05, 0.1) is 22.3 Å². The summed E-state index contributed by atoms with van der Waals surface area (Å²) in [5.41, 5.74) is 0. The molecule has 0 bridgehead atoms.